The Labute approximate surface area is 109 Å². The van der Waals surface area contributed by atoms with Gasteiger partial charge in [-0.1, -0.05) is 45.2 Å². The van der Waals surface area contributed by atoms with Crippen LogP contribution in [0.25, 0.3) is 0 Å². The lowest BCUT2D eigenvalue weighted by molar-refractivity contribution is 0.271. The van der Waals surface area contributed by atoms with Crippen molar-refractivity contribution in [3.63, 3.8) is 0 Å². The van der Waals surface area contributed by atoms with Gasteiger partial charge in [0.2, 0.25) is 5.89 Å². The maximum atomic E-state index is 6.39. The predicted molar refractivity (Wildman–Crippen MR) is 71.0 cm³/mol. The molecule has 4 nitrogen and oxygen atoms in total. The van der Waals surface area contributed by atoms with E-state index in [1.807, 2.05) is 0 Å². The van der Waals surface area contributed by atoms with E-state index >= 15 is 0 Å². The average molecular weight is 251 g/mol. The number of aromatic nitrogens is 2. The molecule has 0 unspecified atom stereocenters. The van der Waals surface area contributed by atoms with E-state index in [1.165, 1.54) is 19.3 Å². The van der Waals surface area contributed by atoms with E-state index in [2.05, 4.69) is 30.9 Å². The summed E-state index contributed by atoms with van der Waals surface area (Å²) in [5.74, 6) is 1.45. The summed E-state index contributed by atoms with van der Waals surface area (Å²) in [4.78, 5) is 4.51. The van der Waals surface area contributed by atoms with Crippen LogP contribution in [0.3, 0.4) is 0 Å². The molecule has 1 aromatic heterocycles. The van der Waals surface area contributed by atoms with Gasteiger partial charge in [-0.25, -0.2) is 0 Å². The van der Waals surface area contributed by atoms with Crippen molar-refractivity contribution in [1.82, 2.24) is 10.1 Å². The highest BCUT2D eigenvalue weighted by Crippen LogP contribution is 2.33. The molecule has 1 fully saturated rings. The second-order valence-corrected chi connectivity index (χ2v) is 6.79. The molecule has 0 radical (unpaired) electrons. The first-order chi connectivity index (χ1) is 8.39. The summed E-state index contributed by atoms with van der Waals surface area (Å²) in [7, 11) is 0. The highest BCUT2D eigenvalue weighted by atomic mass is 16.5. The molecule has 0 amide bonds. The number of nitrogens with two attached hydrogens (primary N) is 1. The second-order valence-electron chi connectivity index (χ2n) is 6.79. The number of aryl methyl sites for hydroxylation is 1. The summed E-state index contributed by atoms with van der Waals surface area (Å²) in [5, 5.41) is 4.10. The van der Waals surface area contributed by atoms with Crippen LogP contribution in [0, 0.1) is 5.41 Å². The Kier molecular flexibility index (Phi) is 3.76. The highest BCUT2D eigenvalue weighted by molar-refractivity contribution is 5.05. The Morgan fingerprint density at radius 3 is 2.50 bits per heavy atom. The monoisotopic (exact) mass is 251 g/mol. The molecule has 18 heavy (non-hydrogen) atoms. The van der Waals surface area contributed by atoms with Crippen LogP contribution in [0.5, 0.6) is 0 Å². The summed E-state index contributed by atoms with van der Waals surface area (Å²) < 4.78 is 5.34. The van der Waals surface area contributed by atoms with Gasteiger partial charge in [0.05, 0.1) is 5.54 Å². The van der Waals surface area contributed by atoms with E-state index in [9.17, 15) is 0 Å². The highest BCUT2D eigenvalue weighted by Gasteiger charge is 2.34. The lowest BCUT2D eigenvalue weighted by atomic mass is 9.82. The number of rotatable bonds is 3. The molecule has 1 heterocycles. The van der Waals surface area contributed by atoms with E-state index in [0.717, 1.165) is 31.6 Å². The zero-order valence-corrected chi connectivity index (χ0v) is 11.8. The lowest BCUT2D eigenvalue weighted by Gasteiger charge is -2.29. The van der Waals surface area contributed by atoms with E-state index in [1.54, 1.807) is 0 Å². The normalized spacial score (nSPS) is 20.0. The fourth-order valence-corrected chi connectivity index (χ4v) is 2.45. The fourth-order valence-electron chi connectivity index (χ4n) is 2.45. The van der Waals surface area contributed by atoms with Crippen LogP contribution in [0.2, 0.25) is 0 Å². The smallest absolute Gasteiger partial charge is 0.226 e. The maximum Gasteiger partial charge on any atom is 0.226 e. The third-order valence-corrected chi connectivity index (χ3v) is 3.75. The van der Waals surface area contributed by atoms with Gasteiger partial charge in [0.1, 0.15) is 0 Å². The SMILES string of the molecule is CC(C)(C)CCc1nc(C2(N)CCCCC2)no1. The topological polar surface area (TPSA) is 64.9 Å². The molecule has 0 atom stereocenters. The third-order valence-electron chi connectivity index (χ3n) is 3.75. The van der Waals surface area contributed by atoms with Crippen LogP contribution in [-0.2, 0) is 12.0 Å². The first-order valence-corrected chi connectivity index (χ1v) is 7.01. The van der Waals surface area contributed by atoms with Crippen LogP contribution >= 0.6 is 0 Å². The van der Waals surface area contributed by atoms with Crippen LogP contribution < -0.4 is 5.73 Å². The van der Waals surface area contributed by atoms with Gasteiger partial charge in [0, 0.05) is 6.42 Å². The van der Waals surface area contributed by atoms with Crippen molar-refractivity contribution in [1.29, 1.82) is 0 Å². The number of hydrogen-bond acceptors (Lipinski definition) is 4. The van der Waals surface area contributed by atoms with Crippen molar-refractivity contribution in [2.45, 2.75) is 71.3 Å². The molecule has 1 aliphatic carbocycles. The van der Waals surface area contributed by atoms with Gasteiger partial charge in [0.15, 0.2) is 5.82 Å². The van der Waals surface area contributed by atoms with E-state index in [-0.39, 0.29) is 5.54 Å². The number of nitrogens with zero attached hydrogens (tertiary/aromatic N) is 2. The van der Waals surface area contributed by atoms with Gasteiger partial charge in [-0.05, 0) is 24.7 Å². The van der Waals surface area contributed by atoms with E-state index in [0.29, 0.717) is 11.2 Å². The Bertz CT molecular complexity index is 386. The van der Waals surface area contributed by atoms with E-state index in [4.69, 9.17) is 10.3 Å². The quantitative estimate of drug-likeness (QED) is 0.896. The van der Waals surface area contributed by atoms with Crippen molar-refractivity contribution in [2.24, 2.45) is 11.1 Å². The van der Waals surface area contributed by atoms with Crippen LogP contribution in [0.4, 0.5) is 0 Å². The minimum atomic E-state index is -0.346. The molecule has 0 aromatic carbocycles. The minimum Gasteiger partial charge on any atom is -0.339 e. The zero-order valence-electron chi connectivity index (χ0n) is 11.8. The fraction of sp³-hybridized carbons (Fsp3) is 0.857. The third kappa shape index (κ3) is 3.31. The second kappa shape index (κ2) is 5.00. The molecule has 4 heteroatoms. The molecule has 0 saturated heterocycles. The predicted octanol–water partition coefficient (Wildman–Crippen LogP) is 3.17. The molecular weight excluding hydrogens is 226 g/mol. The van der Waals surface area contributed by atoms with Gasteiger partial charge >= 0.3 is 0 Å². The molecule has 2 N–H and O–H groups in total. The first-order valence-electron chi connectivity index (χ1n) is 7.01. The lowest BCUT2D eigenvalue weighted by Crippen LogP contribution is -2.39. The molecule has 0 aliphatic heterocycles. The molecule has 2 rings (SSSR count). The molecular formula is C14H25N3O. The first kappa shape index (κ1) is 13.5. The van der Waals surface area contributed by atoms with Crippen molar-refractivity contribution < 1.29 is 4.52 Å². The average Bonchev–Trinajstić information content (AvgIpc) is 2.76. The van der Waals surface area contributed by atoms with Crippen molar-refractivity contribution in [3.8, 4) is 0 Å². The standard InChI is InChI=1S/C14H25N3O/c1-13(2,3)10-7-11-16-12(17-18-11)14(15)8-5-4-6-9-14/h4-10,15H2,1-3H3. The Morgan fingerprint density at radius 1 is 1.22 bits per heavy atom. The van der Waals surface area contributed by atoms with Gasteiger partial charge in [-0.15, -0.1) is 0 Å². The largest absolute Gasteiger partial charge is 0.339 e. The Morgan fingerprint density at radius 2 is 1.89 bits per heavy atom. The van der Waals surface area contributed by atoms with Crippen molar-refractivity contribution in [3.05, 3.63) is 11.7 Å². The van der Waals surface area contributed by atoms with Gasteiger partial charge in [-0.2, -0.15) is 4.98 Å². The van der Waals surface area contributed by atoms with Crippen LogP contribution in [-0.4, -0.2) is 10.1 Å². The molecule has 0 spiro atoms. The van der Waals surface area contributed by atoms with Crippen LogP contribution in [0.1, 0.15) is 71.0 Å². The summed E-state index contributed by atoms with van der Waals surface area (Å²) in [5.41, 5.74) is 6.34. The molecule has 1 saturated carbocycles. The van der Waals surface area contributed by atoms with Crippen molar-refractivity contribution >= 4 is 0 Å². The number of hydrogen-bond donors (Lipinski definition) is 1. The van der Waals surface area contributed by atoms with Gasteiger partial charge in [0.25, 0.3) is 0 Å². The summed E-state index contributed by atoms with van der Waals surface area (Å²) in [6.45, 7) is 6.65. The summed E-state index contributed by atoms with van der Waals surface area (Å²) in [6.07, 6.45) is 7.45. The summed E-state index contributed by atoms with van der Waals surface area (Å²) in [6, 6.07) is 0. The Balaban J connectivity index is 2.01. The van der Waals surface area contributed by atoms with Gasteiger partial charge in [-0.3, -0.25) is 0 Å². The molecule has 1 aliphatic rings. The summed E-state index contributed by atoms with van der Waals surface area (Å²) >= 11 is 0. The van der Waals surface area contributed by atoms with Gasteiger partial charge < -0.3 is 10.3 Å². The van der Waals surface area contributed by atoms with Crippen molar-refractivity contribution in [2.75, 3.05) is 0 Å². The zero-order chi connectivity index (χ0) is 13.2. The molecule has 0 bridgehead atoms. The molecule has 102 valence electrons. The molecule has 1 aromatic rings. The Hall–Kier alpha value is -0.900. The maximum absolute atomic E-state index is 6.39. The minimum absolute atomic E-state index is 0.292. The van der Waals surface area contributed by atoms with E-state index < -0.39 is 0 Å². The van der Waals surface area contributed by atoms with Crippen LogP contribution in [0.15, 0.2) is 4.52 Å².